The van der Waals surface area contributed by atoms with Crippen LogP contribution in [-0.4, -0.2) is 40.0 Å². The number of ether oxygens (including phenoxy) is 1. The van der Waals surface area contributed by atoms with E-state index in [0.717, 1.165) is 16.6 Å². The van der Waals surface area contributed by atoms with Gasteiger partial charge in [0.25, 0.3) is 0 Å². The molecule has 0 aliphatic carbocycles. The Hall–Kier alpha value is -4.01. The molecule has 0 saturated carbocycles. The van der Waals surface area contributed by atoms with E-state index in [9.17, 15) is 14.4 Å². The average molecular weight is 576 g/mol. The van der Waals surface area contributed by atoms with E-state index in [1.54, 1.807) is 6.20 Å². The van der Waals surface area contributed by atoms with Crippen LogP contribution in [-0.2, 0) is 20.9 Å². The Labute approximate surface area is 249 Å². The Bertz CT molecular complexity index is 1310. The van der Waals surface area contributed by atoms with Gasteiger partial charge < -0.3 is 20.7 Å². The van der Waals surface area contributed by atoms with Crippen molar-refractivity contribution in [1.82, 2.24) is 25.9 Å². The maximum absolute atomic E-state index is 13.7. The lowest BCUT2D eigenvalue weighted by molar-refractivity contribution is -0.131. The fourth-order valence-electron chi connectivity index (χ4n) is 4.72. The topological polar surface area (TPSA) is 122 Å². The van der Waals surface area contributed by atoms with E-state index < -0.39 is 24.1 Å². The summed E-state index contributed by atoms with van der Waals surface area (Å²) in [5.74, 6) is -0.185. The predicted molar refractivity (Wildman–Crippen MR) is 164 cm³/mol. The lowest BCUT2D eigenvalue weighted by atomic mass is 9.98. The van der Waals surface area contributed by atoms with Crippen molar-refractivity contribution in [3.05, 3.63) is 72.1 Å². The second kappa shape index (κ2) is 15.8. The zero-order chi connectivity index (χ0) is 30.6. The molecule has 3 N–H and O–H groups in total. The zero-order valence-electron chi connectivity index (χ0n) is 25.6. The Kier molecular flexibility index (Phi) is 12.3. The van der Waals surface area contributed by atoms with Gasteiger partial charge >= 0.3 is 6.09 Å². The highest BCUT2D eigenvalue weighted by molar-refractivity contribution is 5.91. The Morgan fingerprint density at radius 1 is 0.690 bits per heavy atom. The summed E-state index contributed by atoms with van der Waals surface area (Å²) in [4.78, 5) is 49.1. The molecule has 9 heteroatoms. The van der Waals surface area contributed by atoms with Crippen molar-refractivity contribution >= 4 is 28.9 Å². The highest BCUT2D eigenvalue weighted by atomic mass is 16.5. The maximum atomic E-state index is 13.7. The molecule has 3 atom stereocenters. The summed E-state index contributed by atoms with van der Waals surface area (Å²) < 4.78 is 5.35. The van der Waals surface area contributed by atoms with Gasteiger partial charge in [0.2, 0.25) is 11.8 Å². The summed E-state index contributed by atoms with van der Waals surface area (Å²) in [6, 6.07) is 14.9. The van der Waals surface area contributed by atoms with Gasteiger partial charge in [0, 0.05) is 0 Å². The van der Waals surface area contributed by atoms with Crippen LogP contribution in [0.4, 0.5) is 4.79 Å². The van der Waals surface area contributed by atoms with Crippen molar-refractivity contribution in [1.29, 1.82) is 0 Å². The number of nitrogens with zero attached hydrogens (tertiary/aromatic N) is 2. The number of para-hydroxylation sites is 2. The van der Waals surface area contributed by atoms with Gasteiger partial charge in [-0.1, -0.05) is 84.0 Å². The van der Waals surface area contributed by atoms with Crippen LogP contribution in [0.3, 0.4) is 0 Å². The summed E-state index contributed by atoms with van der Waals surface area (Å²) >= 11 is 0. The predicted octanol–water partition coefficient (Wildman–Crippen LogP) is 5.71. The first-order valence-electron chi connectivity index (χ1n) is 14.8. The number of nitrogens with one attached hydrogen (secondary N) is 3. The molecule has 0 aliphatic heterocycles. The highest BCUT2D eigenvalue weighted by Crippen LogP contribution is 2.22. The third-order valence-corrected chi connectivity index (χ3v) is 6.72. The van der Waals surface area contributed by atoms with Crippen LogP contribution in [0.2, 0.25) is 0 Å². The fraction of sp³-hybridized carbons (Fsp3) is 0.485. The molecular weight excluding hydrogens is 530 g/mol. The van der Waals surface area contributed by atoms with Gasteiger partial charge in [-0.05, 0) is 54.7 Å². The van der Waals surface area contributed by atoms with Crippen molar-refractivity contribution in [3.8, 4) is 0 Å². The molecule has 42 heavy (non-hydrogen) atoms. The van der Waals surface area contributed by atoms with Gasteiger partial charge in [-0.25, -0.2) is 9.78 Å². The number of aromatic nitrogens is 2. The van der Waals surface area contributed by atoms with Gasteiger partial charge in [-0.3, -0.25) is 14.6 Å². The Morgan fingerprint density at radius 2 is 1.24 bits per heavy atom. The number of benzene rings is 2. The van der Waals surface area contributed by atoms with Crippen LogP contribution < -0.4 is 16.0 Å². The number of amides is 3. The summed E-state index contributed by atoms with van der Waals surface area (Å²) in [6.45, 7) is 12.2. The van der Waals surface area contributed by atoms with E-state index in [1.807, 2.05) is 82.3 Å². The van der Waals surface area contributed by atoms with Crippen LogP contribution in [0.5, 0.6) is 0 Å². The van der Waals surface area contributed by atoms with Crippen LogP contribution >= 0.6 is 0 Å². The monoisotopic (exact) mass is 575 g/mol. The molecule has 0 fully saturated rings. The molecule has 2 aromatic carbocycles. The molecule has 0 aliphatic rings. The van der Waals surface area contributed by atoms with E-state index >= 15 is 0 Å². The summed E-state index contributed by atoms with van der Waals surface area (Å²) in [6.07, 6.45) is 2.50. The molecule has 0 bridgehead atoms. The van der Waals surface area contributed by atoms with Crippen molar-refractivity contribution in [2.75, 3.05) is 0 Å². The Morgan fingerprint density at radius 3 is 1.86 bits per heavy atom. The lowest BCUT2D eigenvalue weighted by Crippen LogP contribution is -2.54. The Balaban J connectivity index is 1.73. The number of hydrogen-bond donors (Lipinski definition) is 3. The van der Waals surface area contributed by atoms with E-state index in [-0.39, 0.29) is 36.3 Å². The summed E-state index contributed by atoms with van der Waals surface area (Å²) in [5, 5.41) is 8.75. The number of hydrogen-bond acceptors (Lipinski definition) is 6. The van der Waals surface area contributed by atoms with Crippen LogP contribution in [0.25, 0.3) is 11.0 Å². The largest absolute Gasteiger partial charge is 0.445 e. The lowest BCUT2D eigenvalue weighted by Gasteiger charge is -2.27. The smallest absolute Gasteiger partial charge is 0.408 e. The molecule has 0 saturated heterocycles. The molecule has 9 nitrogen and oxygen atoms in total. The standard InChI is InChI=1S/C33H45N5O4/c1-21(2)16-27(30-19-34-25-14-10-11-15-26(25)35-30)36-31(39)28(17-22(3)4)37-32(40)29(18-23(5)6)38-33(41)42-20-24-12-8-7-9-13-24/h7-15,19,21-23,27-29H,16-18,20H2,1-6H3,(H,36,39)(H,37,40)(H,38,41)/t27-,28-,29-/m0/s1. The molecule has 3 rings (SSSR count). The minimum Gasteiger partial charge on any atom is -0.445 e. The second-order valence-corrected chi connectivity index (χ2v) is 12.1. The highest BCUT2D eigenvalue weighted by Gasteiger charge is 2.30. The molecule has 3 amide bonds. The molecule has 1 aromatic heterocycles. The van der Waals surface area contributed by atoms with Crippen molar-refractivity contribution in [2.24, 2.45) is 17.8 Å². The zero-order valence-corrected chi connectivity index (χ0v) is 25.6. The van der Waals surface area contributed by atoms with Gasteiger partial charge in [0.05, 0.1) is 29.0 Å². The molecule has 0 spiro atoms. The van der Waals surface area contributed by atoms with E-state index in [2.05, 4.69) is 34.8 Å². The van der Waals surface area contributed by atoms with Gasteiger partial charge in [0.15, 0.2) is 0 Å². The number of fused-ring (bicyclic) bond motifs is 1. The first-order valence-corrected chi connectivity index (χ1v) is 14.8. The minimum atomic E-state index is -0.853. The SMILES string of the molecule is CC(C)C[C@H](NC(=O)OCc1ccccc1)C(=O)N[C@@H](CC(C)C)C(=O)N[C@@H](CC(C)C)c1cnc2ccccc2n1. The second-order valence-electron chi connectivity index (χ2n) is 12.1. The van der Waals surface area contributed by atoms with Crippen molar-refractivity contribution in [3.63, 3.8) is 0 Å². The first kappa shape index (κ1) is 32.5. The van der Waals surface area contributed by atoms with Gasteiger partial charge in [-0.2, -0.15) is 0 Å². The van der Waals surface area contributed by atoms with E-state index in [1.165, 1.54) is 0 Å². The van der Waals surface area contributed by atoms with Crippen molar-refractivity contribution < 1.29 is 19.1 Å². The third-order valence-electron chi connectivity index (χ3n) is 6.72. The summed E-state index contributed by atoms with van der Waals surface area (Å²) in [7, 11) is 0. The normalized spacial score (nSPS) is 13.5. The van der Waals surface area contributed by atoms with Crippen LogP contribution in [0.15, 0.2) is 60.8 Å². The first-order chi connectivity index (χ1) is 20.0. The quantitative estimate of drug-likeness (QED) is 0.227. The minimum absolute atomic E-state index is 0.0932. The van der Waals surface area contributed by atoms with Gasteiger partial charge in [0.1, 0.15) is 18.7 Å². The number of alkyl carbamates (subject to hydrolysis) is 1. The molecular formula is C33H45N5O4. The van der Waals surface area contributed by atoms with Gasteiger partial charge in [-0.15, -0.1) is 0 Å². The van der Waals surface area contributed by atoms with Crippen LogP contribution in [0, 0.1) is 17.8 Å². The van der Waals surface area contributed by atoms with Crippen molar-refractivity contribution in [2.45, 2.75) is 85.5 Å². The molecule has 0 radical (unpaired) electrons. The molecule has 3 aromatic rings. The summed E-state index contributed by atoms with van der Waals surface area (Å²) in [5.41, 5.74) is 3.06. The molecule has 1 heterocycles. The number of carbonyl (C=O) groups excluding carboxylic acids is 3. The maximum Gasteiger partial charge on any atom is 0.408 e. The molecule has 0 unspecified atom stereocenters. The van der Waals surface area contributed by atoms with E-state index in [0.29, 0.717) is 25.0 Å². The fourth-order valence-corrected chi connectivity index (χ4v) is 4.72. The third kappa shape index (κ3) is 10.4. The molecule has 226 valence electrons. The van der Waals surface area contributed by atoms with E-state index in [4.69, 9.17) is 9.72 Å². The number of carbonyl (C=O) groups is 3. The number of rotatable bonds is 14. The average Bonchev–Trinajstić information content (AvgIpc) is 2.94. The van der Waals surface area contributed by atoms with Crippen LogP contribution in [0.1, 0.15) is 78.1 Å².